The van der Waals surface area contributed by atoms with Gasteiger partial charge in [0.15, 0.2) is 0 Å². The summed E-state index contributed by atoms with van der Waals surface area (Å²) < 4.78 is 25.1. The Morgan fingerprint density at radius 1 is 1.24 bits per heavy atom. The van der Waals surface area contributed by atoms with Crippen molar-refractivity contribution in [3.05, 3.63) is 0 Å². The van der Waals surface area contributed by atoms with E-state index in [1.54, 1.807) is 4.31 Å². The lowest BCUT2D eigenvalue weighted by molar-refractivity contribution is 0.216. The Bertz CT molecular complexity index is 424. The molecular weight excluding hydrogens is 284 g/mol. The smallest absolute Gasteiger partial charge is 0.211 e. The maximum absolute atomic E-state index is 11.7. The molecule has 1 saturated heterocycles. The zero-order chi connectivity index (χ0) is 15.5. The topological polar surface area (TPSA) is 49.4 Å². The van der Waals surface area contributed by atoms with Crippen LogP contribution in [0.4, 0.5) is 0 Å². The van der Waals surface area contributed by atoms with Crippen molar-refractivity contribution in [2.24, 2.45) is 17.8 Å². The zero-order valence-electron chi connectivity index (χ0n) is 13.8. The van der Waals surface area contributed by atoms with Gasteiger partial charge in [-0.15, -0.1) is 0 Å². The average molecular weight is 317 g/mol. The van der Waals surface area contributed by atoms with Gasteiger partial charge in [-0.05, 0) is 56.9 Å². The number of hydrogen-bond acceptors (Lipinski definition) is 3. The second-order valence-corrected chi connectivity index (χ2v) is 9.09. The molecule has 2 rings (SSSR count). The molecule has 1 heterocycles. The molecule has 124 valence electrons. The molecule has 4 nitrogen and oxygen atoms in total. The highest BCUT2D eigenvalue weighted by Gasteiger charge is 2.33. The molecule has 1 N–H and O–H groups in total. The lowest BCUT2D eigenvalue weighted by Crippen LogP contribution is -2.42. The van der Waals surface area contributed by atoms with E-state index in [-0.39, 0.29) is 0 Å². The van der Waals surface area contributed by atoms with Gasteiger partial charge in [0.1, 0.15) is 0 Å². The van der Waals surface area contributed by atoms with Crippen LogP contribution in [0.5, 0.6) is 0 Å². The Kier molecular flexibility index (Phi) is 6.09. The third-order valence-corrected chi connectivity index (χ3v) is 6.91. The lowest BCUT2D eigenvalue weighted by atomic mass is 9.85. The van der Waals surface area contributed by atoms with Crippen molar-refractivity contribution in [3.63, 3.8) is 0 Å². The Balaban J connectivity index is 1.89. The molecule has 0 amide bonds. The molecule has 21 heavy (non-hydrogen) atoms. The fourth-order valence-electron chi connectivity index (χ4n) is 4.28. The SMILES string of the molecule is CCC1CCC(C(CC2CCCN(S(C)(=O)=O)C2)NC)C1. The molecule has 1 aliphatic carbocycles. The summed E-state index contributed by atoms with van der Waals surface area (Å²) in [5.74, 6) is 2.21. The normalized spacial score (nSPS) is 33.2. The number of sulfonamides is 1. The van der Waals surface area contributed by atoms with Gasteiger partial charge in [-0.25, -0.2) is 12.7 Å². The fraction of sp³-hybridized carbons (Fsp3) is 1.00. The molecule has 0 aromatic heterocycles. The van der Waals surface area contributed by atoms with Crippen LogP contribution in [0.3, 0.4) is 0 Å². The minimum atomic E-state index is -3.02. The van der Waals surface area contributed by atoms with Crippen LogP contribution in [0, 0.1) is 17.8 Å². The second-order valence-electron chi connectivity index (χ2n) is 7.11. The molecule has 2 aliphatic rings. The highest BCUT2D eigenvalue weighted by molar-refractivity contribution is 7.88. The summed E-state index contributed by atoms with van der Waals surface area (Å²) in [4.78, 5) is 0. The summed E-state index contributed by atoms with van der Waals surface area (Å²) >= 11 is 0. The number of piperidine rings is 1. The van der Waals surface area contributed by atoms with Gasteiger partial charge in [-0.2, -0.15) is 0 Å². The number of rotatable bonds is 6. The summed E-state index contributed by atoms with van der Waals surface area (Å²) in [6.07, 6.45) is 10.0. The van der Waals surface area contributed by atoms with E-state index in [2.05, 4.69) is 19.3 Å². The minimum absolute atomic E-state index is 0.520. The largest absolute Gasteiger partial charge is 0.317 e. The standard InChI is InChI=1S/C16H32N2O2S/c1-4-13-7-8-15(10-13)16(17-2)11-14-6-5-9-18(12-14)21(3,19)20/h13-17H,4-12H2,1-3H3. The van der Waals surface area contributed by atoms with Crippen LogP contribution in [0.2, 0.25) is 0 Å². The summed E-state index contributed by atoms with van der Waals surface area (Å²) in [6, 6.07) is 0.561. The van der Waals surface area contributed by atoms with E-state index in [9.17, 15) is 8.42 Å². The quantitative estimate of drug-likeness (QED) is 0.819. The monoisotopic (exact) mass is 316 g/mol. The highest BCUT2D eigenvalue weighted by Crippen LogP contribution is 2.37. The molecule has 0 bridgehead atoms. The molecule has 4 atom stereocenters. The molecule has 0 aromatic rings. The van der Waals surface area contributed by atoms with Crippen molar-refractivity contribution in [1.29, 1.82) is 0 Å². The summed E-state index contributed by atoms with van der Waals surface area (Å²) in [5.41, 5.74) is 0. The molecule has 0 spiro atoms. The van der Waals surface area contributed by atoms with Crippen LogP contribution in [-0.4, -0.2) is 45.2 Å². The van der Waals surface area contributed by atoms with E-state index in [4.69, 9.17) is 0 Å². The summed E-state index contributed by atoms with van der Waals surface area (Å²) in [6.45, 7) is 3.73. The molecule has 4 unspecified atom stereocenters. The molecule has 5 heteroatoms. The predicted molar refractivity (Wildman–Crippen MR) is 87.7 cm³/mol. The van der Waals surface area contributed by atoms with Crippen LogP contribution in [0.15, 0.2) is 0 Å². The Labute approximate surface area is 130 Å². The third-order valence-electron chi connectivity index (χ3n) is 5.64. The van der Waals surface area contributed by atoms with Gasteiger partial charge in [0, 0.05) is 19.1 Å². The summed E-state index contributed by atoms with van der Waals surface area (Å²) in [5, 5.41) is 3.52. The maximum Gasteiger partial charge on any atom is 0.211 e. The van der Waals surface area contributed by atoms with Crippen LogP contribution in [0.1, 0.15) is 51.9 Å². The number of nitrogens with zero attached hydrogens (tertiary/aromatic N) is 1. The minimum Gasteiger partial charge on any atom is -0.317 e. The predicted octanol–water partition coefficient (Wildman–Crippen LogP) is 2.46. The van der Waals surface area contributed by atoms with Crippen LogP contribution < -0.4 is 5.32 Å². The lowest BCUT2D eigenvalue weighted by Gasteiger charge is -2.34. The maximum atomic E-state index is 11.7. The van der Waals surface area contributed by atoms with Gasteiger partial charge in [0.05, 0.1) is 6.26 Å². The number of nitrogens with one attached hydrogen (secondary N) is 1. The molecule has 1 saturated carbocycles. The second kappa shape index (κ2) is 7.42. The van der Waals surface area contributed by atoms with Crippen LogP contribution in [0.25, 0.3) is 0 Å². The van der Waals surface area contributed by atoms with E-state index in [1.165, 1.54) is 38.4 Å². The zero-order valence-corrected chi connectivity index (χ0v) is 14.7. The fourth-order valence-corrected chi connectivity index (χ4v) is 5.22. The molecule has 0 radical (unpaired) electrons. The van der Waals surface area contributed by atoms with Crippen LogP contribution in [-0.2, 0) is 10.0 Å². The average Bonchev–Trinajstić information content (AvgIpc) is 2.93. The number of hydrogen-bond donors (Lipinski definition) is 1. The first kappa shape index (κ1) is 17.2. The van der Waals surface area contributed by atoms with E-state index < -0.39 is 10.0 Å². The van der Waals surface area contributed by atoms with E-state index in [1.807, 2.05) is 0 Å². The van der Waals surface area contributed by atoms with Crippen molar-refractivity contribution in [2.45, 2.75) is 57.9 Å². The van der Waals surface area contributed by atoms with Crippen molar-refractivity contribution in [1.82, 2.24) is 9.62 Å². The van der Waals surface area contributed by atoms with Crippen LogP contribution >= 0.6 is 0 Å². The van der Waals surface area contributed by atoms with Gasteiger partial charge in [0.2, 0.25) is 10.0 Å². The molecule has 0 aromatic carbocycles. The van der Waals surface area contributed by atoms with Gasteiger partial charge in [0.25, 0.3) is 0 Å². The first-order chi connectivity index (χ1) is 9.94. The van der Waals surface area contributed by atoms with Crippen molar-refractivity contribution in [3.8, 4) is 0 Å². The van der Waals surface area contributed by atoms with Gasteiger partial charge in [-0.3, -0.25) is 0 Å². The van der Waals surface area contributed by atoms with E-state index in [0.29, 0.717) is 18.5 Å². The van der Waals surface area contributed by atoms with Gasteiger partial charge >= 0.3 is 0 Å². The highest BCUT2D eigenvalue weighted by atomic mass is 32.2. The van der Waals surface area contributed by atoms with E-state index >= 15 is 0 Å². The first-order valence-electron chi connectivity index (χ1n) is 8.56. The Morgan fingerprint density at radius 3 is 2.57 bits per heavy atom. The third kappa shape index (κ3) is 4.67. The Hall–Kier alpha value is -0.130. The summed E-state index contributed by atoms with van der Waals surface area (Å²) in [7, 11) is -0.950. The van der Waals surface area contributed by atoms with Crippen molar-refractivity contribution >= 4 is 10.0 Å². The van der Waals surface area contributed by atoms with Crippen molar-refractivity contribution in [2.75, 3.05) is 26.4 Å². The molecular formula is C16H32N2O2S. The molecule has 1 aliphatic heterocycles. The molecule has 2 fully saturated rings. The Morgan fingerprint density at radius 2 is 2.00 bits per heavy atom. The first-order valence-corrected chi connectivity index (χ1v) is 10.4. The van der Waals surface area contributed by atoms with Crippen molar-refractivity contribution < 1.29 is 8.42 Å². The van der Waals surface area contributed by atoms with Gasteiger partial charge in [-0.1, -0.05) is 19.8 Å². The van der Waals surface area contributed by atoms with E-state index in [0.717, 1.165) is 31.2 Å². The van der Waals surface area contributed by atoms with Gasteiger partial charge < -0.3 is 5.32 Å².